The minimum absolute atomic E-state index is 0.0105. The number of rotatable bonds is 9. The van der Waals surface area contributed by atoms with Crippen LogP contribution in [0.1, 0.15) is 49.4 Å². The van der Waals surface area contributed by atoms with Gasteiger partial charge in [0.2, 0.25) is 0 Å². The van der Waals surface area contributed by atoms with Crippen molar-refractivity contribution in [1.29, 1.82) is 0 Å². The third kappa shape index (κ3) is 7.62. The van der Waals surface area contributed by atoms with Gasteiger partial charge in [-0.1, -0.05) is 42.5 Å². The molecule has 8 nitrogen and oxygen atoms in total. The second-order valence-corrected chi connectivity index (χ2v) is 9.73. The molecule has 4 atom stereocenters. The zero-order valence-electron chi connectivity index (χ0n) is 20.7. The smallest absolute Gasteiger partial charge is 0.303 e. The molecule has 0 radical (unpaired) electrons. The Morgan fingerprint density at radius 2 is 1.81 bits per heavy atom. The maximum absolute atomic E-state index is 12.3. The SMILES string of the molecule is CC(=O)O[C@@H](C)C(=O)Nc1ccc([C@H]2O[C@@H](CSc3ccccn3)C[C@@H](c3ccc(CO)cc3)O2)cc1. The van der Waals surface area contributed by atoms with Crippen LogP contribution >= 0.6 is 11.8 Å². The second-order valence-electron chi connectivity index (χ2n) is 8.69. The molecule has 1 fully saturated rings. The van der Waals surface area contributed by atoms with Crippen LogP contribution in [0.25, 0.3) is 0 Å². The van der Waals surface area contributed by atoms with Gasteiger partial charge in [-0.25, -0.2) is 4.98 Å². The minimum atomic E-state index is -0.891. The molecule has 4 rings (SSSR count). The van der Waals surface area contributed by atoms with Gasteiger partial charge in [-0.05, 0) is 42.3 Å². The Morgan fingerprint density at radius 3 is 2.46 bits per heavy atom. The molecule has 2 aromatic carbocycles. The van der Waals surface area contributed by atoms with Gasteiger partial charge in [-0.15, -0.1) is 11.8 Å². The van der Waals surface area contributed by atoms with Gasteiger partial charge in [-0.3, -0.25) is 9.59 Å². The molecule has 0 bridgehead atoms. The number of esters is 1. The normalized spacial score (nSPS) is 20.1. The number of pyridine rings is 1. The maximum Gasteiger partial charge on any atom is 0.303 e. The topological polar surface area (TPSA) is 107 Å². The number of thioether (sulfide) groups is 1. The van der Waals surface area contributed by atoms with Gasteiger partial charge in [0.15, 0.2) is 12.4 Å². The first-order valence-electron chi connectivity index (χ1n) is 12.0. The lowest BCUT2D eigenvalue weighted by molar-refractivity contribution is -0.245. The number of benzene rings is 2. The van der Waals surface area contributed by atoms with Crippen LogP contribution in [-0.2, 0) is 30.4 Å². The highest BCUT2D eigenvalue weighted by Crippen LogP contribution is 2.39. The van der Waals surface area contributed by atoms with E-state index in [0.29, 0.717) is 17.9 Å². The van der Waals surface area contributed by atoms with Crippen LogP contribution in [0.2, 0.25) is 0 Å². The van der Waals surface area contributed by atoms with Crippen molar-refractivity contribution in [3.05, 3.63) is 89.6 Å². The highest BCUT2D eigenvalue weighted by molar-refractivity contribution is 7.99. The Hall–Kier alpha value is -3.24. The molecule has 37 heavy (non-hydrogen) atoms. The van der Waals surface area contributed by atoms with Gasteiger partial charge in [0.05, 0.1) is 23.8 Å². The molecule has 3 aromatic rings. The van der Waals surface area contributed by atoms with Crippen LogP contribution in [-0.4, -0.2) is 39.9 Å². The van der Waals surface area contributed by atoms with Crippen molar-refractivity contribution >= 4 is 29.3 Å². The standard InChI is InChI=1S/C28H30N2O6S/c1-18(34-19(2)32)27(33)30-23-12-10-22(11-13-23)28-35-24(17-37-26-5-3-4-14-29-26)15-25(36-28)21-8-6-20(16-31)7-9-21/h3-14,18,24-25,28,31H,15-17H2,1-2H3,(H,30,33)/t18-,24+,25-,28-/m0/s1. The average molecular weight is 523 g/mol. The number of aliphatic hydroxyl groups excluding tert-OH is 1. The number of carbonyl (C=O) groups excluding carboxylic acids is 2. The zero-order chi connectivity index (χ0) is 26.2. The number of nitrogens with zero attached hydrogens (tertiary/aromatic N) is 1. The van der Waals surface area contributed by atoms with E-state index < -0.39 is 24.3 Å². The first-order chi connectivity index (χ1) is 17.9. The van der Waals surface area contributed by atoms with Gasteiger partial charge in [0.1, 0.15) is 0 Å². The number of aliphatic hydroxyl groups is 1. The summed E-state index contributed by atoms with van der Waals surface area (Å²) in [5.74, 6) is -0.211. The molecule has 1 aliphatic heterocycles. The van der Waals surface area contributed by atoms with Crippen LogP contribution < -0.4 is 5.32 Å². The van der Waals surface area contributed by atoms with Crippen LogP contribution in [0.5, 0.6) is 0 Å². The van der Waals surface area contributed by atoms with Crippen molar-refractivity contribution in [2.24, 2.45) is 0 Å². The number of anilines is 1. The Labute approximate surface area is 220 Å². The molecular formula is C28H30N2O6S. The summed E-state index contributed by atoms with van der Waals surface area (Å²) >= 11 is 1.64. The van der Waals surface area contributed by atoms with Crippen molar-refractivity contribution < 1.29 is 28.9 Å². The van der Waals surface area contributed by atoms with Crippen molar-refractivity contribution in [1.82, 2.24) is 4.98 Å². The maximum atomic E-state index is 12.3. The van der Waals surface area contributed by atoms with Gasteiger partial charge in [0, 0.05) is 36.5 Å². The Balaban J connectivity index is 1.47. The number of carbonyl (C=O) groups is 2. The fourth-order valence-electron chi connectivity index (χ4n) is 3.90. The van der Waals surface area contributed by atoms with E-state index in [1.165, 1.54) is 13.8 Å². The molecule has 0 saturated carbocycles. The molecular weight excluding hydrogens is 492 g/mol. The molecule has 2 heterocycles. The van der Waals surface area contributed by atoms with Crippen molar-refractivity contribution in [3.63, 3.8) is 0 Å². The molecule has 0 spiro atoms. The summed E-state index contributed by atoms with van der Waals surface area (Å²) in [7, 11) is 0. The number of nitrogens with one attached hydrogen (secondary N) is 1. The van der Waals surface area contributed by atoms with Crippen LogP contribution in [0, 0.1) is 0 Å². The molecule has 1 amide bonds. The lowest BCUT2D eigenvalue weighted by Crippen LogP contribution is -2.31. The van der Waals surface area contributed by atoms with E-state index in [-0.39, 0.29) is 18.8 Å². The minimum Gasteiger partial charge on any atom is -0.453 e. The first-order valence-corrected chi connectivity index (χ1v) is 13.0. The number of hydrogen-bond donors (Lipinski definition) is 2. The fraction of sp³-hybridized carbons (Fsp3) is 0.321. The Bertz CT molecular complexity index is 1170. The molecule has 2 N–H and O–H groups in total. The number of hydrogen-bond acceptors (Lipinski definition) is 8. The number of amides is 1. The molecule has 0 aliphatic carbocycles. The fourth-order valence-corrected chi connectivity index (χ4v) is 4.78. The van der Waals surface area contributed by atoms with E-state index in [9.17, 15) is 14.7 Å². The Morgan fingerprint density at radius 1 is 1.08 bits per heavy atom. The number of aromatic nitrogens is 1. The molecule has 1 saturated heterocycles. The first kappa shape index (κ1) is 26.8. The molecule has 0 unspecified atom stereocenters. The van der Waals surface area contributed by atoms with Crippen molar-refractivity contribution in [2.75, 3.05) is 11.1 Å². The summed E-state index contributed by atoms with van der Waals surface area (Å²) in [5, 5.41) is 13.1. The quantitative estimate of drug-likeness (QED) is 0.305. The summed E-state index contributed by atoms with van der Waals surface area (Å²) < 4.78 is 17.6. The van der Waals surface area contributed by atoms with Gasteiger partial charge in [0.25, 0.3) is 5.91 Å². The van der Waals surface area contributed by atoms with E-state index in [2.05, 4.69) is 10.3 Å². The highest BCUT2D eigenvalue weighted by atomic mass is 32.2. The van der Waals surface area contributed by atoms with Crippen molar-refractivity contribution in [3.8, 4) is 0 Å². The monoisotopic (exact) mass is 522 g/mol. The second kappa shape index (κ2) is 12.8. The predicted octanol–water partition coefficient (Wildman–Crippen LogP) is 4.80. The summed E-state index contributed by atoms with van der Waals surface area (Å²) in [4.78, 5) is 27.7. The van der Waals surface area contributed by atoms with E-state index in [0.717, 1.165) is 21.7 Å². The van der Waals surface area contributed by atoms with Crippen LogP contribution in [0.4, 0.5) is 5.69 Å². The van der Waals surface area contributed by atoms with E-state index in [1.807, 2.05) is 54.6 Å². The number of ether oxygens (including phenoxy) is 3. The molecule has 9 heteroatoms. The average Bonchev–Trinajstić information content (AvgIpc) is 2.92. The lowest BCUT2D eigenvalue weighted by atomic mass is 10.0. The summed E-state index contributed by atoms with van der Waals surface area (Å²) in [6, 6.07) is 20.8. The third-order valence-corrected chi connectivity index (χ3v) is 6.91. The lowest BCUT2D eigenvalue weighted by Gasteiger charge is -2.36. The summed E-state index contributed by atoms with van der Waals surface area (Å²) in [6.45, 7) is 2.77. The van der Waals surface area contributed by atoms with E-state index >= 15 is 0 Å². The van der Waals surface area contributed by atoms with Crippen LogP contribution in [0.3, 0.4) is 0 Å². The zero-order valence-corrected chi connectivity index (χ0v) is 21.5. The summed E-state index contributed by atoms with van der Waals surface area (Å²) in [5.41, 5.74) is 3.24. The molecule has 1 aliphatic rings. The van der Waals surface area contributed by atoms with Gasteiger partial charge in [-0.2, -0.15) is 0 Å². The summed E-state index contributed by atoms with van der Waals surface area (Å²) in [6.07, 6.45) is 0.682. The predicted molar refractivity (Wildman–Crippen MR) is 140 cm³/mol. The van der Waals surface area contributed by atoms with Crippen LogP contribution in [0.15, 0.2) is 78.0 Å². The largest absolute Gasteiger partial charge is 0.453 e. The molecule has 1 aromatic heterocycles. The van der Waals surface area contributed by atoms with E-state index in [1.54, 1.807) is 30.1 Å². The Kier molecular flexibility index (Phi) is 9.29. The highest BCUT2D eigenvalue weighted by Gasteiger charge is 2.32. The van der Waals surface area contributed by atoms with Crippen molar-refractivity contribution in [2.45, 2.75) is 56.5 Å². The van der Waals surface area contributed by atoms with Gasteiger partial charge >= 0.3 is 5.97 Å². The van der Waals surface area contributed by atoms with Gasteiger partial charge < -0.3 is 24.6 Å². The molecule has 194 valence electrons. The third-order valence-electron chi connectivity index (χ3n) is 5.83. The van der Waals surface area contributed by atoms with E-state index in [4.69, 9.17) is 14.2 Å².